The monoisotopic (exact) mass is 1360 g/mol. The third-order valence-corrected chi connectivity index (χ3v) is 16.9. The van der Waals surface area contributed by atoms with E-state index in [1.54, 1.807) is 6.08 Å². The number of halogens is 1. The summed E-state index contributed by atoms with van der Waals surface area (Å²) in [5.74, 6) is -7.76. The Morgan fingerprint density at radius 1 is 0.598 bits per heavy atom. The molecule has 0 saturated carbocycles. The van der Waals surface area contributed by atoms with Gasteiger partial charge in [-0.2, -0.15) is 0 Å². The van der Waals surface area contributed by atoms with Gasteiger partial charge in [-0.3, -0.25) is 14.4 Å². The minimum atomic E-state index is -2.98. The summed E-state index contributed by atoms with van der Waals surface area (Å²) < 4.78 is 57.7. The average Bonchev–Trinajstić information content (AvgIpc) is 0.792. The first-order chi connectivity index (χ1) is 43.7. The Hall–Kier alpha value is -3.13. The highest BCUT2D eigenvalue weighted by Crippen LogP contribution is 2.38. The largest absolute Gasteiger partial charge is 0.477 e. The molecule has 35 heteroatoms. The van der Waals surface area contributed by atoms with E-state index in [-0.39, 0.29) is 0 Å². The Bertz CT molecular complexity index is 2240. The van der Waals surface area contributed by atoms with Gasteiger partial charge in [0, 0.05) is 20.3 Å². The van der Waals surface area contributed by atoms with Crippen LogP contribution in [0.5, 0.6) is 0 Å². The van der Waals surface area contributed by atoms with Crippen LogP contribution in [0.25, 0.3) is 0 Å². The molecule has 5 aliphatic rings. The van der Waals surface area contributed by atoms with Crippen LogP contribution < -0.4 is 16.0 Å². The number of allylic oxidation sites excluding steroid dienone is 1. The summed E-state index contributed by atoms with van der Waals surface area (Å²) in [6.07, 6.45) is -31.6. The maximum Gasteiger partial charge on any atom is 0.364 e. The van der Waals surface area contributed by atoms with Crippen LogP contribution in [0.3, 0.4) is 0 Å². The topological polar surface area (TPSA) is 541 Å². The Labute approximate surface area is 536 Å². The van der Waals surface area contributed by atoms with Gasteiger partial charge < -0.3 is 150 Å². The van der Waals surface area contributed by atoms with Gasteiger partial charge in [0.15, 0.2) is 25.2 Å². The summed E-state index contributed by atoms with van der Waals surface area (Å²) in [5, 5.41) is 193. The maximum absolute atomic E-state index is 12.8. The molecule has 3 amide bonds. The molecule has 0 aliphatic carbocycles. The number of amides is 3. The summed E-state index contributed by atoms with van der Waals surface area (Å²) >= 11 is 5.74. The summed E-state index contributed by atoms with van der Waals surface area (Å²) in [7, 11) is 0. The van der Waals surface area contributed by atoms with Gasteiger partial charge in [-0.05, 0) is 12.8 Å². The standard InChI is InChI=1S/C57H98ClN3O31/c1-4-5-6-7-8-9-10-11-12-13-14-15-16-17-29(68)28(61-36(71)19-58)24-83-53-46(79)44(77)49(34(23-65)87-53)90-55-47(80)51(41(74)32(21-63)85-55)91-52-38(60-27(3)67)42(75)48(33(22-64)86-52)89-54-45(78)43(76)40(73)35(88-54)25-84-57(56(81)82)18-30(69)37(59-26(2)66)50(92-57)39(72)31(70)20-62/h16-17,28-35,37-55,62-65,68-70,72-80H,4-15,18-25H2,1-3H3,(H,59,66)(H,60,67)(H,61,71)(H,81,82)/b17-16+/t28-,29+,30-,31+,32+,33+,34+,35+,37+,38+,39+,40-,41-,42+,43-,44+,45+,46+,47+,48+,49+,50+,51-,52-,53+,54-,55-,57+/m0/s1. The third kappa shape index (κ3) is 21.4. The molecule has 28 atom stereocenters. The van der Waals surface area contributed by atoms with Crippen LogP contribution in [0, 0.1) is 0 Å². The minimum absolute atomic E-state index is 0.475. The van der Waals surface area contributed by atoms with Gasteiger partial charge in [-0.1, -0.05) is 83.3 Å². The highest BCUT2D eigenvalue weighted by Gasteiger charge is 2.59. The predicted molar refractivity (Wildman–Crippen MR) is 310 cm³/mol. The fourth-order valence-corrected chi connectivity index (χ4v) is 11.6. The molecule has 5 heterocycles. The van der Waals surface area contributed by atoms with Crippen molar-refractivity contribution in [2.75, 3.05) is 45.5 Å². The number of hydrogen-bond acceptors (Lipinski definition) is 30. The number of aliphatic carboxylic acids is 1. The predicted octanol–water partition coefficient (Wildman–Crippen LogP) is -7.07. The quantitative estimate of drug-likeness (QED) is 0.0156. The number of carbonyl (C=O) groups is 4. The smallest absolute Gasteiger partial charge is 0.364 e. The second-order valence-electron chi connectivity index (χ2n) is 23.7. The minimum Gasteiger partial charge on any atom is -0.477 e. The SMILES string of the molecule is CCCCCCCCCCCCC/C=C/[C@@H](O)[C@H](CO[C@@H]1O[C@H](CO)[C@@H](O[C@@H]2O[C@H](CO)[C@H](O)[C@H](O[C@@H]3O[C@H](CO)[C@@H](O[C@@H]4O[C@H](CO[C@]5(C(=O)O)C[C@H](O)[C@@H](NC(C)=O)[C@H]([C@H](O)[C@H](O)CO)O5)[C@H](O)[C@H](O)[C@H]4O)[C@H](O)[C@H]3NC(C)=O)[C@H]2O)[C@H](O)[C@H]1O)NC(=O)CCl. The Morgan fingerprint density at radius 2 is 1.11 bits per heavy atom. The zero-order chi connectivity index (χ0) is 68.1. The number of carbonyl (C=O) groups excluding carboxylic acids is 3. The molecule has 5 rings (SSSR count). The number of carboxylic acid groups (broad SMARTS) is 1. The molecule has 5 aliphatic heterocycles. The molecule has 92 heavy (non-hydrogen) atoms. The number of alkyl halides is 1. The van der Waals surface area contributed by atoms with Crippen molar-refractivity contribution < 1.29 is 153 Å². The van der Waals surface area contributed by atoms with Crippen LogP contribution in [0.1, 0.15) is 104 Å². The Morgan fingerprint density at radius 3 is 1.66 bits per heavy atom. The molecule has 534 valence electrons. The molecular formula is C57H98ClN3O31. The average molecular weight is 1360 g/mol. The maximum atomic E-state index is 12.8. The lowest BCUT2D eigenvalue weighted by Gasteiger charge is -2.50. The van der Waals surface area contributed by atoms with Crippen molar-refractivity contribution in [3.63, 3.8) is 0 Å². The highest BCUT2D eigenvalue weighted by molar-refractivity contribution is 6.27. The van der Waals surface area contributed by atoms with Crippen molar-refractivity contribution in [3.8, 4) is 0 Å². The van der Waals surface area contributed by atoms with Crippen molar-refractivity contribution in [1.82, 2.24) is 16.0 Å². The van der Waals surface area contributed by atoms with Crippen LogP contribution in [-0.4, -0.2) is 327 Å². The Balaban J connectivity index is 1.25. The number of hydrogen-bond donors (Lipinski definition) is 20. The molecule has 0 aromatic heterocycles. The van der Waals surface area contributed by atoms with Crippen LogP contribution in [0.2, 0.25) is 0 Å². The van der Waals surface area contributed by atoms with Crippen molar-refractivity contribution in [3.05, 3.63) is 12.2 Å². The normalized spacial score (nSPS) is 38.3. The zero-order valence-corrected chi connectivity index (χ0v) is 52.3. The van der Waals surface area contributed by atoms with E-state index in [9.17, 15) is 106 Å². The van der Waals surface area contributed by atoms with Gasteiger partial charge in [0.05, 0.1) is 63.9 Å². The van der Waals surface area contributed by atoms with Crippen LogP contribution >= 0.6 is 11.6 Å². The fourth-order valence-electron chi connectivity index (χ4n) is 11.5. The molecule has 0 radical (unpaired) electrons. The molecule has 0 aromatic carbocycles. The first-order valence-corrected chi connectivity index (χ1v) is 31.7. The number of nitrogens with one attached hydrogen (secondary N) is 3. The molecule has 5 fully saturated rings. The summed E-state index contributed by atoms with van der Waals surface area (Å²) in [4.78, 5) is 49.9. The highest BCUT2D eigenvalue weighted by atomic mass is 35.5. The molecule has 0 spiro atoms. The number of aliphatic hydroxyl groups is 16. The number of ether oxygens (including phenoxy) is 10. The molecule has 0 unspecified atom stereocenters. The van der Waals surface area contributed by atoms with Crippen molar-refractivity contribution in [1.29, 1.82) is 0 Å². The molecule has 0 bridgehead atoms. The van der Waals surface area contributed by atoms with Gasteiger partial charge in [-0.25, -0.2) is 4.79 Å². The van der Waals surface area contributed by atoms with Crippen LogP contribution in [0.15, 0.2) is 12.2 Å². The second-order valence-corrected chi connectivity index (χ2v) is 24.0. The van der Waals surface area contributed by atoms with Gasteiger partial charge in [0.1, 0.15) is 122 Å². The Kier molecular flexibility index (Phi) is 33.5. The van der Waals surface area contributed by atoms with Gasteiger partial charge in [-0.15, -0.1) is 11.6 Å². The van der Waals surface area contributed by atoms with E-state index in [1.165, 1.54) is 51.0 Å². The second kappa shape index (κ2) is 38.7. The van der Waals surface area contributed by atoms with E-state index < -0.39 is 247 Å². The lowest BCUT2D eigenvalue weighted by atomic mass is 9.88. The van der Waals surface area contributed by atoms with E-state index in [1.807, 2.05) is 0 Å². The van der Waals surface area contributed by atoms with Gasteiger partial charge in [0.25, 0.3) is 5.79 Å². The van der Waals surface area contributed by atoms with Crippen LogP contribution in [-0.2, 0) is 66.5 Å². The summed E-state index contributed by atoms with van der Waals surface area (Å²) in [6.45, 7) is -1.61. The number of aliphatic hydroxyl groups excluding tert-OH is 16. The third-order valence-electron chi connectivity index (χ3n) is 16.7. The van der Waals surface area contributed by atoms with Gasteiger partial charge >= 0.3 is 5.97 Å². The van der Waals surface area contributed by atoms with E-state index in [2.05, 4.69) is 22.9 Å². The molecule has 0 aromatic rings. The first-order valence-electron chi connectivity index (χ1n) is 31.1. The number of unbranched alkanes of at least 4 members (excludes halogenated alkanes) is 11. The number of rotatable bonds is 37. The molecular weight excluding hydrogens is 1260 g/mol. The van der Waals surface area contributed by atoms with Crippen molar-refractivity contribution in [2.24, 2.45) is 0 Å². The van der Waals surface area contributed by atoms with Crippen molar-refractivity contribution >= 4 is 35.3 Å². The first kappa shape index (κ1) is 79.6. The van der Waals surface area contributed by atoms with E-state index in [0.29, 0.717) is 6.42 Å². The zero-order valence-electron chi connectivity index (χ0n) is 51.6. The van der Waals surface area contributed by atoms with Crippen LogP contribution in [0.4, 0.5) is 0 Å². The van der Waals surface area contributed by atoms with Gasteiger partial charge in [0.2, 0.25) is 17.7 Å². The molecule has 34 nitrogen and oxygen atoms in total. The lowest BCUT2D eigenvalue weighted by Crippen LogP contribution is -2.70. The molecule has 5 saturated heterocycles. The van der Waals surface area contributed by atoms with Crippen molar-refractivity contribution in [2.45, 2.75) is 275 Å². The van der Waals surface area contributed by atoms with E-state index >= 15 is 0 Å². The summed E-state index contributed by atoms with van der Waals surface area (Å²) in [5.41, 5.74) is 0. The van der Waals surface area contributed by atoms with E-state index in [4.69, 9.17) is 59.0 Å². The van der Waals surface area contributed by atoms with E-state index in [0.717, 1.165) is 39.5 Å². The molecule has 20 N–H and O–H groups in total. The number of carboxylic acids is 1. The lowest BCUT2D eigenvalue weighted by molar-refractivity contribution is -0.383. The summed E-state index contributed by atoms with van der Waals surface area (Å²) in [6, 6.07) is -4.58. The fraction of sp³-hybridized carbons (Fsp3) is 0.895.